The third kappa shape index (κ3) is 5.57. The summed E-state index contributed by atoms with van der Waals surface area (Å²) in [6, 6.07) is 5.78. The number of carbonyl (C=O) groups is 2. The van der Waals surface area contributed by atoms with Crippen molar-refractivity contribution in [2.75, 3.05) is 11.1 Å². The largest absolute Gasteiger partial charge is 0.383 e. The molecule has 176 valence electrons. The SMILES string of the molecule is CC(C)n1nc(-c2ccc(CC(=O)Nc3cc(CC(C)(C)C)no3)cc2F)c(C(N)=O)c1N. The van der Waals surface area contributed by atoms with Crippen molar-refractivity contribution in [2.24, 2.45) is 11.1 Å². The lowest BCUT2D eigenvalue weighted by atomic mass is 9.91. The number of rotatable bonds is 7. The second kappa shape index (κ2) is 9.05. The van der Waals surface area contributed by atoms with Crippen LogP contribution in [0.1, 0.15) is 62.3 Å². The minimum absolute atomic E-state index is 0.0292. The maximum Gasteiger partial charge on any atom is 0.254 e. The van der Waals surface area contributed by atoms with Crippen molar-refractivity contribution in [2.45, 2.75) is 53.5 Å². The first-order valence-electron chi connectivity index (χ1n) is 10.6. The Balaban J connectivity index is 1.77. The summed E-state index contributed by atoms with van der Waals surface area (Å²) < 4.78 is 21.5. The monoisotopic (exact) mass is 456 g/mol. The molecule has 10 heteroatoms. The zero-order valence-electron chi connectivity index (χ0n) is 19.4. The van der Waals surface area contributed by atoms with E-state index in [1.807, 2.05) is 13.8 Å². The number of amides is 2. The number of carbonyl (C=O) groups excluding carboxylic acids is 2. The molecular weight excluding hydrogens is 427 g/mol. The van der Waals surface area contributed by atoms with Crippen LogP contribution in [0.25, 0.3) is 11.3 Å². The molecule has 0 bridgehead atoms. The van der Waals surface area contributed by atoms with E-state index in [1.54, 1.807) is 12.1 Å². The molecule has 0 aliphatic rings. The van der Waals surface area contributed by atoms with Gasteiger partial charge >= 0.3 is 0 Å². The van der Waals surface area contributed by atoms with E-state index in [4.69, 9.17) is 16.0 Å². The van der Waals surface area contributed by atoms with Crippen LogP contribution in [0, 0.1) is 11.2 Å². The Kier molecular flexibility index (Phi) is 6.57. The summed E-state index contributed by atoms with van der Waals surface area (Å²) in [5, 5.41) is 10.9. The highest BCUT2D eigenvalue weighted by atomic mass is 19.1. The summed E-state index contributed by atoms with van der Waals surface area (Å²) in [7, 11) is 0. The molecule has 5 N–H and O–H groups in total. The van der Waals surface area contributed by atoms with E-state index in [2.05, 4.69) is 36.3 Å². The van der Waals surface area contributed by atoms with Gasteiger partial charge in [-0.2, -0.15) is 5.10 Å². The predicted octanol–water partition coefficient (Wildman–Crippen LogP) is 3.71. The quantitative estimate of drug-likeness (QED) is 0.495. The Morgan fingerprint density at radius 2 is 1.94 bits per heavy atom. The fourth-order valence-electron chi connectivity index (χ4n) is 3.50. The third-order valence-electron chi connectivity index (χ3n) is 4.87. The van der Waals surface area contributed by atoms with Crippen LogP contribution in [0.2, 0.25) is 0 Å². The number of nitrogens with zero attached hydrogens (tertiary/aromatic N) is 3. The van der Waals surface area contributed by atoms with Gasteiger partial charge in [0.1, 0.15) is 22.9 Å². The summed E-state index contributed by atoms with van der Waals surface area (Å²) in [5.74, 6) is -1.52. The van der Waals surface area contributed by atoms with Crippen LogP contribution < -0.4 is 16.8 Å². The second-order valence-electron chi connectivity index (χ2n) is 9.47. The van der Waals surface area contributed by atoms with E-state index in [1.165, 1.54) is 16.8 Å². The fraction of sp³-hybridized carbons (Fsp3) is 0.391. The molecule has 0 saturated heterocycles. The molecule has 2 amide bonds. The number of anilines is 2. The Hall–Kier alpha value is -3.69. The molecule has 0 saturated carbocycles. The molecule has 1 aromatic carbocycles. The molecule has 3 aromatic rings. The van der Waals surface area contributed by atoms with E-state index < -0.39 is 11.7 Å². The molecular formula is C23H29FN6O3. The molecule has 33 heavy (non-hydrogen) atoms. The number of hydrogen-bond acceptors (Lipinski definition) is 6. The number of halogens is 1. The fourth-order valence-corrected chi connectivity index (χ4v) is 3.50. The zero-order chi connectivity index (χ0) is 24.5. The van der Waals surface area contributed by atoms with Crippen LogP contribution in [0.4, 0.5) is 16.1 Å². The maximum absolute atomic E-state index is 15.0. The summed E-state index contributed by atoms with van der Waals surface area (Å²) in [4.78, 5) is 24.3. The van der Waals surface area contributed by atoms with E-state index in [0.717, 1.165) is 5.69 Å². The predicted molar refractivity (Wildman–Crippen MR) is 123 cm³/mol. The average molecular weight is 457 g/mol. The van der Waals surface area contributed by atoms with Gasteiger partial charge in [-0.05, 0) is 43.4 Å². The number of hydrogen-bond donors (Lipinski definition) is 3. The standard InChI is InChI=1S/C23H29FN6O3/c1-12(2)30-21(25)19(22(26)32)20(28-30)15-7-6-13(8-16(15)24)9-17(31)27-18-10-14(29-33-18)11-23(3,4)5/h6-8,10,12H,9,11,25H2,1-5H3,(H2,26,32)(H,27,31). The minimum Gasteiger partial charge on any atom is -0.383 e. The van der Waals surface area contributed by atoms with Crippen LogP contribution >= 0.6 is 0 Å². The maximum atomic E-state index is 15.0. The molecule has 0 spiro atoms. The molecule has 0 aliphatic carbocycles. The minimum atomic E-state index is -0.796. The van der Waals surface area contributed by atoms with E-state index in [0.29, 0.717) is 12.0 Å². The summed E-state index contributed by atoms with van der Waals surface area (Å²) in [6.45, 7) is 9.89. The lowest BCUT2D eigenvalue weighted by molar-refractivity contribution is -0.115. The number of nitrogens with two attached hydrogens (primary N) is 2. The number of primary amides is 1. The van der Waals surface area contributed by atoms with Crippen LogP contribution in [-0.4, -0.2) is 26.8 Å². The van der Waals surface area contributed by atoms with E-state index >= 15 is 0 Å². The van der Waals surface area contributed by atoms with Crippen LogP contribution in [0.5, 0.6) is 0 Å². The highest BCUT2D eigenvalue weighted by Crippen LogP contribution is 2.31. The number of nitrogen functional groups attached to an aromatic ring is 1. The van der Waals surface area contributed by atoms with E-state index in [-0.39, 0.29) is 52.3 Å². The molecule has 0 atom stereocenters. The van der Waals surface area contributed by atoms with Crippen LogP contribution in [0.3, 0.4) is 0 Å². The molecule has 0 aliphatic heterocycles. The van der Waals surface area contributed by atoms with Gasteiger partial charge in [-0.1, -0.05) is 32.0 Å². The van der Waals surface area contributed by atoms with Gasteiger partial charge in [-0.25, -0.2) is 9.07 Å². The normalized spacial score (nSPS) is 11.7. The molecule has 0 radical (unpaired) electrons. The molecule has 3 rings (SSSR count). The lowest BCUT2D eigenvalue weighted by Gasteiger charge is -2.14. The first-order chi connectivity index (χ1) is 15.4. The number of aromatic nitrogens is 3. The van der Waals surface area contributed by atoms with Gasteiger partial charge in [0, 0.05) is 17.7 Å². The van der Waals surface area contributed by atoms with E-state index in [9.17, 15) is 14.0 Å². The van der Waals surface area contributed by atoms with Gasteiger partial charge in [0.05, 0.1) is 12.1 Å². The highest BCUT2D eigenvalue weighted by molar-refractivity contribution is 6.03. The molecule has 0 fully saturated rings. The van der Waals surface area contributed by atoms with Gasteiger partial charge in [-0.3, -0.25) is 14.9 Å². The summed E-state index contributed by atoms with van der Waals surface area (Å²) >= 11 is 0. The van der Waals surface area contributed by atoms with Crippen molar-refractivity contribution in [3.05, 3.63) is 46.9 Å². The Morgan fingerprint density at radius 3 is 2.52 bits per heavy atom. The van der Waals surface area contributed by atoms with Crippen molar-refractivity contribution in [3.63, 3.8) is 0 Å². The Labute approximate surface area is 191 Å². The van der Waals surface area contributed by atoms with Crippen LogP contribution in [-0.2, 0) is 17.6 Å². The van der Waals surface area contributed by atoms with Gasteiger partial charge < -0.3 is 16.0 Å². The average Bonchev–Trinajstić information content (AvgIpc) is 3.24. The topological polar surface area (TPSA) is 142 Å². The first-order valence-corrected chi connectivity index (χ1v) is 10.6. The van der Waals surface area contributed by atoms with Gasteiger partial charge in [-0.15, -0.1) is 0 Å². The van der Waals surface area contributed by atoms with Gasteiger partial charge in [0.2, 0.25) is 11.8 Å². The Morgan fingerprint density at radius 1 is 1.24 bits per heavy atom. The molecule has 2 aromatic heterocycles. The second-order valence-corrected chi connectivity index (χ2v) is 9.47. The van der Waals surface area contributed by atoms with Crippen molar-refractivity contribution >= 4 is 23.5 Å². The van der Waals surface area contributed by atoms with Gasteiger partial charge in [0.25, 0.3) is 5.91 Å². The lowest BCUT2D eigenvalue weighted by Crippen LogP contribution is -2.15. The highest BCUT2D eigenvalue weighted by Gasteiger charge is 2.25. The summed E-state index contributed by atoms with van der Waals surface area (Å²) in [5.41, 5.74) is 12.8. The van der Waals surface area contributed by atoms with Crippen molar-refractivity contribution in [3.8, 4) is 11.3 Å². The third-order valence-corrected chi connectivity index (χ3v) is 4.87. The van der Waals surface area contributed by atoms with Crippen molar-refractivity contribution in [1.29, 1.82) is 0 Å². The molecule has 9 nitrogen and oxygen atoms in total. The molecule has 2 heterocycles. The van der Waals surface area contributed by atoms with Gasteiger partial charge in [0.15, 0.2) is 0 Å². The Bertz CT molecular complexity index is 1190. The van der Waals surface area contributed by atoms with Crippen molar-refractivity contribution < 1.29 is 18.5 Å². The van der Waals surface area contributed by atoms with Crippen molar-refractivity contribution in [1.82, 2.24) is 14.9 Å². The number of nitrogens with one attached hydrogen (secondary N) is 1. The zero-order valence-corrected chi connectivity index (χ0v) is 19.4. The smallest absolute Gasteiger partial charge is 0.254 e. The first kappa shape index (κ1) is 24.0. The molecule has 0 unspecified atom stereocenters. The van der Waals surface area contributed by atoms with Crippen LogP contribution in [0.15, 0.2) is 28.8 Å². The number of benzene rings is 1. The summed E-state index contributed by atoms with van der Waals surface area (Å²) in [6.07, 6.45) is 0.612.